The first-order chi connectivity index (χ1) is 13.2. The van der Waals surface area contributed by atoms with Gasteiger partial charge in [-0.1, -0.05) is 23.4 Å². The van der Waals surface area contributed by atoms with Gasteiger partial charge in [0, 0.05) is 25.2 Å². The standard InChI is InChI=1S/C17H23N7O3/c1-2-27-14-6-4-3-5-12(14)11-24-8-7-18-17(26)13(24)9-16(25)19-10-15-20-22-23-21-15/h3-6,13H,2,7-11H2,1H3,(H,18,26)(H,19,25)(H,20,21,22,23)/t13-/m0/s1. The van der Waals surface area contributed by atoms with Crippen LogP contribution in [0.25, 0.3) is 0 Å². The van der Waals surface area contributed by atoms with Crippen molar-refractivity contribution < 1.29 is 14.3 Å². The number of nitrogens with zero attached hydrogens (tertiary/aromatic N) is 4. The van der Waals surface area contributed by atoms with Crippen LogP contribution in [-0.2, 0) is 22.7 Å². The van der Waals surface area contributed by atoms with Crippen molar-refractivity contribution in [3.05, 3.63) is 35.7 Å². The lowest BCUT2D eigenvalue weighted by Crippen LogP contribution is -2.56. The van der Waals surface area contributed by atoms with E-state index < -0.39 is 6.04 Å². The number of aromatic nitrogens is 4. The zero-order valence-electron chi connectivity index (χ0n) is 15.1. The molecule has 144 valence electrons. The van der Waals surface area contributed by atoms with Crippen molar-refractivity contribution in [3.8, 4) is 5.75 Å². The number of aromatic amines is 1. The summed E-state index contributed by atoms with van der Waals surface area (Å²) in [7, 11) is 0. The maximum absolute atomic E-state index is 12.4. The second-order valence-corrected chi connectivity index (χ2v) is 6.13. The fourth-order valence-electron chi connectivity index (χ4n) is 3.01. The topological polar surface area (TPSA) is 125 Å². The van der Waals surface area contributed by atoms with Crippen LogP contribution in [0, 0.1) is 0 Å². The predicted octanol–water partition coefficient (Wildman–Crippen LogP) is -0.395. The number of ether oxygens (including phenoxy) is 1. The van der Waals surface area contributed by atoms with Crippen LogP contribution in [0.15, 0.2) is 24.3 Å². The maximum atomic E-state index is 12.4. The van der Waals surface area contributed by atoms with E-state index in [0.717, 1.165) is 11.3 Å². The van der Waals surface area contributed by atoms with Crippen LogP contribution >= 0.6 is 0 Å². The molecule has 0 saturated carbocycles. The molecule has 0 aliphatic carbocycles. The lowest BCUT2D eigenvalue weighted by atomic mass is 10.1. The van der Waals surface area contributed by atoms with E-state index >= 15 is 0 Å². The van der Waals surface area contributed by atoms with Crippen molar-refractivity contribution in [3.63, 3.8) is 0 Å². The fraction of sp³-hybridized carbons (Fsp3) is 0.471. The van der Waals surface area contributed by atoms with Crippen LogP contribution in [0.1, 0.15) is 24.7 Å². The summed E-state index contributed by atoms with van der Waals surface area (Å²) in [4.78, 5) is 26.7. The molecule has 1 saturated heterocycles. The summed E-state index contributed by atoms with van der Waals surface area (Å²) in [6.45, 7) is 4.41. The second kappa shape index (κ2) is 9.08. The number of hydrogen-bond donors (Lipinski definition) is 3. The quantitative estimate of drug-likeness (QED) is 0.575. The molecule has 27 heavy (non-hydrogen) atoms. The summed E-state index contributed by atoms with van der Waals surface area (Å²) >= 11 is 0. The summed E-state index contributed by atoms with van der Waals surface area (Å²) in [5, 5.41) is 18.9. The largest absolute Gasteiger partial charge is 0.494 e. The highest BCUT2D eigenvalue weighted by molar-refractivity contribution is 5.88. The third kappa shape index (κ3) is 5.00. The second-order valence-electron chi connectivity index (χ2n) is 6.13. The molecule has 2 aromatic rings. The molecule has 1 aromatic carbocycles. The van der Waals surface area contributed by atoms with Crippen LogP contribution < -0.4 is 15.4 Å². The van der Waals surface area contributed by atoms with E-state index in [1.54, 1.807) is 0 Å². The van der Waals surface area contributed by atoms with Crippen molar-refractivity contribution in [2.24, 2.45) is 0 Å². The molecule has 1 atom stereocenters. The number of hydrogen-bond acceptors (Lipinski definition) is 7. The molecule has 0 unspecified atom stereocenters. The normalized spacial score (nSPS) is 17.4. The number of nitrogens with one attached hydrogen (secondary N) is 3. The average molecular weight is 373 g/mol. The Kier molecular flexibility index (Phi) is 6.31. The van der Waals surface area contributed by atoms with Crippen LogP contribution in [-0.4, -0.2) is 63.1 Å². The van der Waals surface area contributed by atoms with Crippen molar-refractivity contribution in [1.82, 2.24) is 36.2 Å². The first-order valence-corrected chi connectivity index (χ1v) is 8.89. The molecule has 0 bridgehead atoms. The van der Waals surface area contributed by atoms with Gasteiger partial charge in [-0.15, -0.1) is 10.2 Å². The van der Waals surface area contributed by atoms with Gasteiger partial charge in [0.25, 0.3) is 0 Å². The molecule has 3 N–H and O–H groups in total. The fourth-order valence-corrected chi connectivity index (χ4v) is 3.01. The van der Waals surface area contributed by atoms with E-state index in [9.17, 15) is 9.59 Å². The SMILES string of the molecule is CCOc1ccccc1CN1CCNC(=O)[C@@H]1CC(=O)NCc1nn[nH]n1. The van der Waals surface area contributed by atoms with Crippen molar-refractivity contribution in [2.45, 2.75) is 32.5 Å². The average Bonchev–Trinajstić information content (AvgIpc) is 3.18. The van der Waals surface area contributed by atoms with E-state index in [1.807, 2.05) is 36.1 Å². The highest BCUT2D eigenvalue weighted by Gasteiger charge is 2.32. The minimum atomic E-state index is -0.543. The van der Waals surface area contributed by atoms with E-state index in [1.165, 1.54) is 0 Å². The van der Waals surface area contributed by atoms with Gasteiger partial charge < -0.3 is 15.4 Å². The number of carbonyl (C=O) groups excluding carboxylic acids is 2. The molecule has 1 aliphatic heterocycles. The van der Waals surface area contributed by atoms with Crippen LogP contribution in [0.4, 0.5) is 0 Å². The molecule has 1 fully saturated rings. The Balaban J connectivity index is 1.64. The van der Waals surface area contributed by atoms with Gasteiger partial charge in [0.1, 0.15) is 5.75 Å². The Bertz CT molecular complexity index is 766. The monoisotopic (exact) mass is 373 g/mol. The summed E-state index contributed by atoms with van der Waals surface area (Å²) in [6, 6.07) is 7.20. The Morgan fingerprint density at radius 3 is 3.04 bits per heavy atom. The van der Waals surface area contributed by atoms with E-state index in [0.29, 0.717) is 32.1 Å². The highest BCUT2D eigenvalue weighted by Crippen LogP contribution is 2.22. The minimum absolute atomic E-state index is 0.0560. The Morgan fingerprint density at radius 1 is 1.41 bits per heavy atom. The number of benzene rings is 1. The number of para-hydroxylation sites is 1. The molecule has 1 aliphatic rings. The molecular formula is C17H23N7O3. The minimum Gasteiger partial charge on any atom is -0.494 e. The van der Waals surface area contributed by atoms with Gasteiger partial charge in [0.15, 0.2) is 5.82 Å². The summed E-state index contributed by atoms with van der Waals surface area (Å²) in [5.74, 6) is 0.792. The predicted molar refractivity (Wildman–Crippen MR) is 95.5 cm³/mol. The number of carbonyl (C=O) groups is 2. The number of piperazine rings is 1. The molecule has 3 rings (SSSR count). The molecule has 0 spiro atoms. The van der Waals surface area contributed by atoms with Crippen molar-refractivity contribution in [2.75, 3.05) is 19.7 Å². The van der Waals surface area contributed by atoms with Gasteiger partial charge in [-0.2, -0.15) is 5.21 Å². The summed E-state index contributed by atoms with van der Waals surface area (Å²) < 4.78 is 5.67. The summed E-state index contributed by atoms with van der Waals surface area (Å²) in [5.41, 5.74) is 0.992. The highest BCUT2D eigenvalue weighted by atomic mass is 16.5. The first-order valence-electron chi connectivity index (χ1n) is 8.89. The van der Waals surface area contributed by atoms with Crippen LogP contribution in [0.5, 0.6) is 5.75 Å². The third-order valence-corrected chi connectivity index (χ3v) is 4.30. The van der Waals surface area contributed by atoms with Crippen LogP contribution in [0.3, 0.4) is 0 Å². The van der Waals surface area contributed by atoms with Crippen LogP contribution in [0.2, 0.25) is 0 Å². The third-order valence-electron chi connectivity index (χ3n) is 4.30. The molecule has 0 radical (unpaired) electrons. The van der Waals surface area contributed by atoms with E-state index in [4.69, 9.17) is 4.74 Å². The first kappa shape index (κ1) is 18.8. The van der Waals surface area contributed by atoms with E-state index in [-0.39, 0.29) is 24.8 Å². The molecule has 10 heteroatoms. The molecule has 2 amide bonds. The van der Waals surface area contributed by atoms with Gasteiger partial charge in [-0.25, -0.2) is 0 Å². The smallest absolute Gasteiger partial charge is 0.237 e. The zero-order valence-corrected chi connectivity index (χ0v) is 15.1. The Morgan fingerprint density at radius 2 is 2.26 bits per heavy atom. The number of H-pyrrole nitrogens is 1. The number of rotatable bonds is 8. The lowest BCUT2D eigenvalue weighted by molar-refractivity contribution is -0.134. The summed E-state index contributed by atoms with van der Waals surface area (Å²) in [6.07, 6.45) is 0.0560. The van der Waals surface area contributed by atoms with Gasteiger partial charge in [-0.3, -0.25) is 14.5 Å². The number of tetrazole rings is 1. The van der Waals surface area contributed by atoms with Gasteiger partial charge in [0.2, 0.25) is 11.8 Å². The zero-order chi connectivity index (χ0) is 19.1. The van der Waals surface area contributed by atoms with E-state index in [2.05, 4.69) is 31.3 Å². The van der Waals surface area contributed by atoms with Gasteiger partial charge in [0.05, 0.1) is 25.6 Å². The van der Waals surface area contributed by atoms with Crippen molar-refractivity contribution in [1.29, 1.82) is 0 Å². The Labute approximate surface area is 156 Å². The Hall–Kier alpha value is -3.01. The maximum Gasteiger partial charge on any atom is 0.237 e. The van der Waals surface area contributed by atoms with Crippen molar-refractivity contribution >= 4 is 11.8 Å². The molecule has 1 aromatic heterocycles. The molecular weight excluding hydrogens is 350 g/mol. The van der Waals surface area contributed by atoms with Gasteiger partial charge in [-0.05, 0) is 13.0 Å². The molecule has 10 nitrogen and oxygen atoms in total. The lowest BCUT2D eigenvalue weighted by Gasteiger charge is -2.35. The van der Waals surface area contributed by atoms with Gasteiger partial charge >= 0.3 is 0 Å². The number of amides is 2. The molecule has 2 heterocycles.